The number of carbonyl (C=O) groups is 1. The maximum Gasteiger partial charge on any atom is 0.320 e. The van der Waals surface area contributed by atoms with Gasteiger partial charge in [0, 0.05) is 6.54 Å². The van der Waals surface area contributed by atoms with Gasteiger partial charge in [-0.25, -0.2) is 0 Å². The van der Waals surface area contributed by atoms with Crippen LogP contribution in [0.2, 0.25) is 0 Å². The first-order valence-electron chi connectivity index (χ1n) is 4.06. The summed E-state index contributed by atoms with van der Waals surface area (Å²) in [6.07, 6.45) is 0.796. The highest BCUT2D eigenvalue weighted by atomic mass is 16.4. The summed E-state index contributed by atoms with van der Waals surface area (Å²) in [6.45, 7) is 0.480. The van der Waals surface area contributed by atoms with Crippen LogP contribution in [0.15, 0.2) is 4.99 Å². The van der Waals surface area contributed by atoms with E-state index in [-0.39, 0.29) is 17.8 Å². The van der Waals surface area contributed by atoms with Gasteiger partial charge in [-0.2, -0.15) is 0 Å². The molecule has 0 aromatic carbocycles. The Hall–Kier alpha value is -1.30. The number of nitrogens with two attached hydrogens (primary N) is 3. The second kappa shape index (κ2) is 3.61. The van der Waals surface area contributed by atoms with E-state index < -0.39 is 12.0 Å². The van der Waals surface area contributed by atoms with E-state index in [0.29, 0.717) is 6.54 Å². The molecule has 6 nitrogen and oxygen atoms in total. The third kappa shape index (κ3) is 2.59. The van der Waals surface area contributed by atoms with Crippen molar-refractivity contribution in [2.24, 2.45) is 34.0 Å². The van der Waals surface area contributed by atoms with Crippen LogP contribution in [0.25, 0.3) is 0 Å². The predicted octanol–water partition coefficient (Wildman–Crippen LogP) is -1.69. The molecule has 1 rings (SSSR count). The molecular weight excluding hydrogens is 172 g/mol. The fourth-order valence-electron chi connectivity index (χ4n) is 1.33. The molecule has 0 bridgehead atoms. The number of aliphatic imine (C=N–C) groups is 1. The molecule has 0 spiro atoms. The minimum atomic E-state index is -0.961. The van der Waals surface area contributed by atoms with Gasteiger partial charge in [0.25, 0.3) is 0 Å². The Labute approximate surface area is 75.8 Å². The van der Waals surface area contributed by atoms with Gasteiger partial charge in [0.15, 0.2) is 5.96 Å². The van der Waals surface area contributed by atoms with E-state index in [2.05, 4.69) is 4.99 Å². The number of rotatable bonds is 4. The van der Waals surface area contributed by atoms with Crippen LogP contribution in [-0.2, 0) is 4.79 Å². The Bertz CT molecular complexity index is 237. The van der Waals surface area contributed by atoms with Gasteiger partial charge in [-0.1, -0.05) is 0 Å². The molecule has 0 aromatic rings. The molecule has 0 aliphatic heterocycles. The van der Waals surface area contributed by atoms with E-state index in [0.717, 1.165) is 6.42 Å². The molecule has 0 radical (unpaired) electrons. The fourth-order valence-corrected chi connectivity index (χ4v) is 1.33. The van der Waals surface area contributed by atoms with Crippen molar-refractivity contribution < 1.29 is 9.90 Å². The zero-order valence-electron chi connectivity index (χ0n) is 7.18. The first-order valence-corrected chi connectivity index (χ1v) is 4.06. The fraction of sp³-hybridized carbons (Fsp3) is 0.714. The quantitative estimate of drug-likeness (QED) is 0.307. The van der Waals surface area contributed by atoms with Gasteiger partial charge < -0.3 is 22.3 Å². The zero-order chi connectivity index (χ0) is 10.0. The van der Waals surface area contributed by atoms with E-state index in [9.17, 15) is 4.79 Å². The number of aliphatic carboxylic acids is 1. The van der Waals surface area contributed by atoms with Crippen molar-refractivity contribution in [3.63, 3.8) is 0 Å². The number of hydrogen-bond acceptors (Lipinski definition) is 3. The van der Waals surface area contributed by atoms with Crippen LogP contribution in [0.4, 0.5) is 0 Å². The second-order valence-electron chi connectivity index (χ2n) is 3.29. The average Bonchev–Trinajstić information content (AvgIpc) is 2.78. The minimum absolute atomic E-state index is 0.0283. The topological polar surface area (TPSA) is 128 Å². The van der Waals surface area contributed by atoms with Crippen molar-refractivity contribution in [1.82, 2.24) is 0 Å². The Morgan fingerprint density at radius 3 is 2.69 bits per heavy atom. The first kappa shape index (κ1) is 9.79. The van der Waals surface area contributed by atoms with Crippen LogP contribution in [0.5, 0.6) is 0 Å². The van der Waals surface area contributed by atoms with Gasteiger partial charge in [0.2, 0.25) is 0 Å². The summed E-state index contributed by atoms with van der Waals surface area (Å²) in [7, 11) is 0. The lowest BCUT2D eigenvalue weighted by Gasteiger charge is -2.03. The second-order valence-corrected chi connectivity index (χ2v) is 3.29. The summed E-state index contributed by atoms with van der Waals surface area (Å²) in [5.41, 5.74) is 15.7. The lowest BCUT2D eigenvalue weighted by molar-refractivity contribution is -0.139. The monoisotopic (exact) mass is 186 g/mol. The average molecular weight is 186 g/mol. The molecule has 6 heteroatoms. The minimum Gasteiger partial charge on any atom is -0.480 e. The van der Waals surface area contributed by atoms with Gasteiger partial charge in [-0.3, -0.25) is 9.79 Å². The summed E-state index contributed by atoms with van der Waals surface area (Å²) in [5, 5.41) is 8.58. The highest BCUT2D eigenvalue weighted by molar-refractivity contribution is 5.76. The van der Waals surface area contributed by atoms with E-state index in [1.165, 1.54) is 0 Å². The van der Waals surface area contributed by atoms with E-state index in [1.807, 2.05) is 0 Å². The van der Waals surface area contributed by atoms with Crippen molar-refractivity contribution in [3.05, 3.63) is 0 Å². The van der Waals surface area contributed by atoms with Gasteiger partial charge in [-0.05, 0) is 18.3 Å². The van der Waals surface area contributed by atoms with Crippen LogP contribution in [0.1, 0.15) is 6.42 Å². The summed E-state index contributed by atoms with van der Waals surface area (Å²) in [6, 6.07) is -0.779. The predicted molar refractivity (Wildman–Crippen MR) is 47.9 cm³/mol. The third-order valence-electron chi connectivity index (χ3n) is 2.23. The molecule has 0 saturated heterocycles. The Kier molecular flexibility index (Phi) is 2.72. The van der Waals surface area contributed by atoms with E-state index in [4.69, 9.17) is 22.3 Å². The van der Waals surface area contributed by atoms with Crippen LogP contribution >= 0.6 is 0 Å². The molecule has 74 valence electrons. The number of hydrogen-bond donors (Lipinski definition) is 4. The zero-order valence-corrected chi connectivity index (χ0v) is 7.18. The van der Waals surface area contributed by atoms with E-state index in [1.54, 1.807) is 0 Å². The smallest absolute Gasteiger partial charge is 0.320 e. The molecular formula is C7H14N4O2. The SMILES string of the molecule is NC(N)=NC[C@@H]1C[C@@H]1[C@H](N)C(=O)O. The summed E-state index contributed by atoms with van der Waals surface area (Å²) in [4.78, 5) is 14.3. The maximum absolute atomic E-state index is 10.5. The standard InChI is InChI=1S/C7H14N4O2/c8-5(6(12)13)4-1-3(4)2-11-7(9)10/h3-5H,1-2,8H2,(H,12,13)(H4,9,10,11)/t3-,4-,5-/m0/s1. The van der Waals surface area contributed by atoms with Crippen molar-refractivity contribution in [1.29, 1.82) is 0 Å². The molecule has 0 amide bonds. The molecule has 0 heterocycles. The van der Waals surface area contributed by atoms with Gasteiger partial charge in [0.05, 0.1) is 0 Å². The molecule has 1 aliphatic rings. The highest BCUT2D eigenvalue weighted by Crippen LogP contribution is 2.40. The third-order valence-corrected chi connectivity index (χ3v) is 2.23. The van der Waals surface area contributed by atoms with Crippen molar-refractivity contribution >= 4 is 11.9 Å². The van der Waals surface area contributed by atoms with Gasteiger partial charge in [0.1, 0.15) is 6.04 Å². The van der Waals surface area contributed by atoms with Crippen LogP contribution in [-0.4, -0.2) is 29.6 Å². The van der Waals surface area contributed by atoms with Crippen LogP contribution < -0.4 is 17.2 Å². The molecule has 1 saturated carbocycles. The Morgan fingerprint density at radius 1 is 1.62 bits per heavy atom. The lowest BCUT2D eigenvalue weighted by atomic mass is 10.1. The van der Waals surface area contributed by atoms with Gasteiger partial charge >= 0.3 is 5.97 Å². The summed E-state index contributed by atoms with van der Waals surface area (Å²) < 4.78 is 0. The first-order chi connectivity index (χ1) is 6.02. The Morgan fingerprint density at radius 2 is 2.23 bits per heavy atom. The van der Waals surface area contributed by atoms with Crippen LogP contribution in [0.3, 0.4) is 0 Å². The summed E-state index contributed by atoms with van der Waals surface area (Å²) in [5.74, 6) is -0.666. The normalized spacial score (nSPS) is 27.8. The summed E-state index contributed by atoms with van der Waals surface area (Å²) >= 11 is 0. The number of guanidine groups is 1. The lowest BCUT2D eigenvalue weighted by Crippen LogP contribution is -2.33. The van der Waals surface area contributed by atoms with Crippen molar-refractivity contribution in [3.8, 4) is 0 Å². The Balaban J connectivity index is 2.30. The highest BCUT2D eigenvalue weighted by Gasteiger charge is 2.44. The number of nitrogens with zero attached hydrogens (tertiary/aromatic N) is 1. The molecule has 0 unspecified atom stereocenters. The number of carboxylic acids is 1. The molecule has 7 N–H and O–H groups in total. The van der Waals surface area contributed by atoms with E-state index >= 15 is 0 Å². The largest absolute Gasteiger partial charge is 0.480 e. The molecule has 13 heavy (non-hydrogen) atoms. The van der Waals surface area contributed by atoms with Gasteiger partial charge in [-0.15, -0.1) is 0 Å². The molecule has 1 fully saturated rings. The van der Waals surface area contributed by atoms with Crippen LogP contribution in [0, 0.1) is 11.8 Å². The molecule has 3 atom stereocenters. The molecule has 0 aromatic heterocycles. The molecule has 1 aliphatic carbocycles. The maximum atomic E-state index is 10.5. The van der Waals surface area contributed by atoms with Crippen molar-refractivity contribution in [2.75, 3.05) is 6.54 Å². The number of carboxylic acid groups (broad SMARTS) is 1. The van der Waals surface area contributed by atoms with Crippen molar-refractivity contribution in [2.45, 2.75) is 12.5 Å².